The van der Waals surface area contributed by atoms with Gasteiger partial charge in [-0.15, -0.1) is 0 Å². The van der Waals surface area contributed by atoms with Gasteiger partial charge in [-0.1, -0.05) is 24.4 Å². The van der Waals surface area contributed by atoms with Crippen molar-refractivity contribution in [1.29, 1.82) is 0 Å². The number of amides is 2. The van der Waals surface area contributed by atoms with Crippen molar-refractivity contribution in [3.8, 4) is 0 Å². The highest BCUT2D eigenvalue weighted by molar-refractivity contribution is 9.10. The monoisotopic (exact) mass is 374 g/mol. The fourth-order valence-electron chi connectivity index (χ4n) is 2.51. The van der Waals surface area contributed by atoms with Gasteiger partial charge >= 0.3 is 12.0 Å². The van der Waals surface area contributed by atoms with Gasteiger partial charge in [0.25, 0.3) is 0 Å². The number of carbonyl (C=O) groups is 2. The zero-order chi connectivity index (χ0) is 15.4. The molecule has 1 saturated carbocycles. The Morgan fingerprint density at radius 1 is 1.38 bits per heavy atom. The van der Waals surface area contributed by atoms with E-state index in [0.29, 0.717) is 15.2 Å². The second kappa shape index (κ2) is 7.13. The maximum Gasteiger partial charge on any atom is 0.323 e. The van der Waals surface area contributed by atoms with Crippen LogP contribution in [0.2, 0.25) is 5.02 Å². The number of hydrogen-bond acceptors (Lipinski definition) is 2. The molecule has 0 aromatic heterocycles. The van der Waals surface area contributed by atoms with Crippen molar-refractivity contribution in [3.63, 3.8) is 0 Å². The van der Waals surface area contributed by atoms with Crippen LogP contribution in [0.25, 0.3) is 0 Å². The third-order valence-electron chi connectivity index (χ3n) is 3.50. The van der Waals surface area contributed by atoms with Crippen LogP contribution in [0.15, 0.2) is 22.7 Å². The van der Waals surface area contributed by atoms with Gasteiger partial charge in [-0.25, -0.2) is 4.79 Å². The van der Waals surface area contributed by atoms with Crippen molar-refractivity contribution < 1.29 is 14.7 Å². The predicted octanol–water partition coefficient (Wildman–Crippen LogP) is 3.96. The lowest BCUT2D eigenvalue weighted by molar-refractivity contribution is -0.138. The van der Waals surface area contributed by atoms with Crippen molar-refractivity contribution in [2.75, 3.05) is 11.9 Å². The maximum absolute atomic E-state index is 12.4. The smallest absolute Gasteiger partial charge is 0.323 e. The molecule has 0 bridgehead atoms. The highest BCUT2D eigenvalue weighted by atomic mass is 79.9. The molecule has 0 atom stereocenters. The molecule has 7 heteroatoms. The second-order valence-corrected chi connectivity index (χ2v) is 6.31. The van der Waals surface area contributed by atoms with E-state index in [4.69, 9.17) is 16.7 Å². The Balaban J connectivity index is 2.11. The summed E-state index contributed by atoms with van der Waals surface area (Å²) < 4.78 is 0.657. The molecule has 1 aromatic carbocycles. The van der Waals surface area contributed by atoms with E-state index < -0.39 is 12.0 Å². The van der Waals surface area contributed by atoms with E-state index in [-0.39, 0.29) is 12.6 Å². The van der Waals surface area contributed by atoms with E-state index in [1.54, 1.807) is 18.2 Å². The quantitative estimate of drug-likeness (QED) is 0.837. The number of halogens is 2. The highest BCUT2D eigenvalue weighted by Gasteiger charge is 2.28. The van der Waals surface area contributed by atoms with Gasteiger partial charge in [-0.2, -0.15) is 0 Å². The zero-order valence-corrected chi connectivity index (χ0v) is 13.7. The van der Waals surface area contributed by atoms with Crippen molar-refractivity contribution >= 4 is 45.2 Å². The molecule has 5 nitrogen and oxygen atoms in total. The van der Waals surface area contributed by atoms with E-state index in [1.807, 2.05) is 0 Å². The van der Waals surface area contributed by atoms with Gasteiger partial charge in [-0.05, 0) is 47.0 Å². The lowest BCUT2D eigenvalue weighted by Gasteiger charge is -2.27. The molecule has 1 fully saturated rings. The van der Waals surface area contributed by atoms with Crippen molar-refractivity contribution in [2.45, 2.75) is 31.7 Å². The highest BCUT2D eigenvalue weighted by Crippen LogP contribution is 2.28. The van der Waals surface area contributed by atoms with Gasteiger partial charge in [0, 0.05) is 15.5 Å². The number of carbonyl (C=O) groups excluding carboxylic acids is 1. The lowest BCUT2D eigenvalue weighted by Crippen LogP contribution is -2.44. The standard InChI is InChI=1S/C14H16BrClN2O3/c15-11-7-9(16)5-6-12(11)17-14(21)18(8-13(19)20)10-3-1-2-4-10/h5-7,10H,1-4,8H2,(H,17,21)(H,19,20). The van der Waals surface area contributed by atoms with Crippen LogP contribution >= 0.6 is 27.5 Å². The summed E-state index contributed by atoms with van der Waals surface area (Å²) in [6.45, 7) is -0.290. The minimum absolute atomic E-state index is 0.00724. The van der Waals surface area contributed by atoms with Crippen molar-refractivity contribution in [2.24, 2.45) is 0 Å². The summed E-state index contributed by atoms with van der Waals surface area (Å²) >= 11 is 9.18. The number of nitrogens with zero attached hydrogens (tertiary/aromatic N) is 1. The number of carboxylic acids is 1. The molecule has 0 heterocycles. The summed E-state index contributed by atoms with van der Waals surface area (Å²) in [6.07, 6.45) is 3.75. The van der Waals surface area contributed by atoms with Gasteiger partial charge in [0.15, 0.2) is 0 Å². The Kier molecular flexibility index (Phi) is 5.47. The molecular formula is C14H16BrClN2O3. The molecule has 0 radical (unpaired) electrons. The van der Waals surface area contributed by atoms with Gasteiger partial charge in [0.05, 0.1) is 5.69 Å². The summed E-state index contributed by atoms with van der Waals surface area (Å²) in [5.41, 5.74) is 0.567. The van der Waals surface area contributed by atoms with Crippen LogP contribution in [0.5, 0.6) is 0 Å². The van der Waals surface area contributed by atoms with E-state index in [1.165, 1.54) is 4.90 Å². The molecule has 0 spiro atoms. The predicted molar refractivity (Wildman–Crippen MR) is 84.8 cm³/mol. The lowest BCUT2D eigenvalue weighted by atomic mass is 10.2. The molecule has 2 N–H and O–H groups in total. The molecule has 0 aliphatic heterocycles. The number of carboxylic acid groups (broad SMARTS) is 1. The Bertz CT molecular complexity index is 547. The molecule has 0 unspecified atom stereocenters. The van der Waals surface area contributed by atoms with Gasteiger partial charge in [0.2, 0.25) is 0 Å². The minimum atomic E-state index is -1.01. The Morgan fingerprint density at radius 3 is 2.62 bits per heavy atom. The Morgan fingerprint density at radius 2 is 2.05 bits per heavy atom. The summed E-state index contributed by atoms with van der Waals surface area (Å²) in [4.78, 5) is 24.8. The van der Waals surface area contributed by atoms with Gasteiger partial charge in [0.1, 0.15) is 6.54 Å². The number of rotatable bonds is 4. The number of urea groups is 1. The normalized spacial score (nSPS) is 15.0. The van der Waals surface area contributed by atoms with E-state index in [2.05, 4.69) is 21.2 Å². The SMILES string of the molecule is O=C(O)CN(C(=O)Nc1ccc(Cl)cc1Br)C1CCCC1. The van der Waals surface area contributed by atoms with Crippen LogP contribution < -0.4 is 5.32 Å². The van der Waals surface area contributed by atoms with Gasteiger partial charge < -0.3 is 15.3 Å². The summed E-state index contributed by atoms with van der Waals surface area (Å²) in [6, 6.07) is 4.62. The summed E-state index contributed by atoms with van der Waals surface area (Å²) in [5.74, 6) is -1.01. The number of benzene rings is 1. The van der Waals surface area contributed by atoms with Crippen molar-refractivity contribution in [3.05, 3.63) is 27.7 Å². The number of hydrogen-bond donors (Lipinski definition) is 2. The maximum atomic E-state index is 12.4. The first-order valence-electron chi connectivity index (χ1n) is 6.72. The largest absolute Gasteiger partial charge is 0.480 e. The number of aliphatic carboxylic acids is 1. The van der Waals surface area contributed by atoms with E-state index >= 15 is 0 Å². The zero-order valence-electron chi connectivity index (χ0n) is 11.3. The molecule has 0 saturated heterocycles. The third kappa shape index (κ3) is 4.35. The van der Waals surface area contributed by atoms with Crippen LogP contribution in [-0.2, 0) is 4.79 Å². The average Bonchev–Trinajstić information content (AvgIpc) is 2.92. The molecule has 1 aliphatic carbocycles. The van der Waals surface area contributed by atoms with Crippen LogP contribution in [0.1, 0.15) is 25.7 Å². The van der Waals surface area contributed by atoms with Crippen LogP contribution in [0, 0.1) is 0 Å². The molecule has 2 amide bonds. The molecular weight excluding hydrogens is 360 g/mol. The van der Waals surface area contributed by atoms with Gasteiger partial charge in [-0.3, -0.25) is 4.79 Å². The fraction of sp³-hybridized carbons (Fsp3) is 0.429. The third-order valence-corrected chi connectivity index (χ3v) is 4.40. The Labute approximate surface area is 136 Å². The fourth-order valence-corrected chi connectivity index (χ4v) is 3.29. The topological polar surface area (TPSA) is 69.6 Å². The summed E-state index contributed by atoms with van der Waals surface area (Å²) in [7, 11) is 0. The molecule has 1 aliphatic rings. The first kappa shape index (κ1) is 16.1. The van der Waals surface area contributed by atoms with Crippen LogP contribution in [0.3, 0.4) is 0 Å². The first-order chi connectivity index (χ1) is 9.97. The average molecular weight is 376 g/mol. The molecule has 114 valence electrons. The van der Waals surface area contributed by atoms with E-state index in [9.17, 15) is 9.59 Å². The second-order valence-electron chi connectivity index (χ2n) is 5.01. The molecule has 2 rings (SSSR count). The molecule has 21 heavy (non-hydrogen) atoms. The Hall–Kier alpha value is -1.27. The minimum Gasteiger partial charge on any atom is -0.480 e. The van der Waals surface area contributed by atoms with Crippen molar-refractivity contribution in [1.82, 2.24) is 4.90 Å². The van der Waals surface area contributed by atoms with Crippen LogP contribution in [0.4, 0.5) is 10.5 Å². The van der Waals surface area contributed by atoms with Crippen LogP contribution in [-0.4, -0.2) is 34.6 Å². The van der Waals surface area contributed by atoms with E-state index in [0.717, 1.165) is 25.7 Å². The number of nitrogens with one attached hydrogen (secondary N) is 1. The molecule has 1 aromatic rings. The first-order valence-corrected chi connectivity index (χ1v) is 7.89. The summed E-state index contributed by atoms with van der Waals surface area (Å²) in [5, 5.41) is 12.3. The number of anilines is 1.